The molecule has 2 heterocycles. The van der Waals surface area contributed by atoms with Gasteiger partial charge in [-0.1, -0.05) is 29.0 Å². The number of aryl methyl sites for hydroxylation is 1. The van der Waals surface area contributed by atoms with Crippen molar-refractivity contribution in [1.29, 1.82) is 0 Å². The first kappa shape index (κ1) is 23.0. The molecule has 0 bridgehead atoms. The van der Waals surface area contributed by atoms with E-state index in [0.717, 1.165) is 15.8 Å². The molecule has 7 nitrogen and oxygen atoms in total. The summed E-state index contributed by atoms with van der Waals surface area (Å²) in [5, 5.41) is 0.529. The van der Waals surface area contributed by atoms with Crippen molar-refractivity contribution >= 4 is 42.4 Å². The molecule has 0 radical (unpaired) electrons. The highest BCUT2D eigenvalue weighted by Gasteiger charge is 2.23. The Hall–Kier alpha value is -3.17. The van der Waals surface area contributed by atoms with Crippen molar-refractivity contribution in [1.82, 2.24) is 4.98 Å². The number of methoxy groups -OCH3 is 1. The maximum Gasteiger partial charge on any atom is 0.229 e. The van der Waals surface area contributed by atoms with Crippen molar-refractivity contribution in [2.24, 2.45) is 0 Å². The predicted molar refractivity (Wildman–Crippen MR) is 129 cm³/mol. The second-order valence-electron chi connectivity index (χ2n) is 7.62. The van der Waals surface area contributed by atoms with Gasteiger partial charge in [-0.15, -0.1) is 0 Å². The maximum atomic E-state index is 13.2. The van der Waals surface area contributed by atoms with Crippen molar-refractivity contribution in [2.75, 3.05) is 17.8 Å². The number of benzene rings is 2. The van der Waals surface area contributed by atoms with Gasteiger partial charge in [0.25, 0.3) is 0 Å². The van der Waals surface area contributed by atoms with Crippen molar-refractivity contribution in [2.45, 2.75) is 31.2 Å². The molecule has 0 fully saturated rings. The van der Waals surface area contributed by atoms with Gasteiger partial charge in [-0.3, -0.25) is 9.69 Å². The molecule has 172 valence electrons. The average molecular weight is 485 g/mol. The Morgan fingerprint density at radius 2 is 1.94 bits per heavy atom. The van der Waals surface area contributed by atoms with E-state index in [4.69, 9.17) is 9.15 Å². The summed E-state index contributed by atoms with van der Waals surface area (Å²) in [6, 6.07) is 15.9. The lowest BCUT2D eigenvalue weighted by molar-refractivity contribution is -0.118. The third kappa shape index (κ3) is 5.43. The largest absolute Gasteiger partial charge is 0.497 e. The molecular formula is C24H24N2O5S2. The number of sulfone groups is 1. The van der Waals surface area contributed by atoms with Gasteiger partial charge < -0.3 is 9.15 Å². The van der Waals surface area contributed by atoms with Crippen molar-refractivity contribution in [3.63, 3.8) is 0 Å². The summed E-state index contributed by atoms with van der Waals surface area (Å²) in [7, 11) is -1.87. The lowest BCUT2D eigenvalue weighted by Gasteiger charge is -2.18. The van der Waals surface area contributed by atoms with E-state index >= 15 is 0 Å². The number of rotatable bonds is 9. The van der Waals surface area contributed by atoms with Gasteiger partial charge in [-0.05, 0) is 49.7 Å². The maximum absolute atomic E-state index is 13.2. The number of fused-ring (bicyclic) bond motifs is 1. The predicted octanol–water partition coefficient (Wildman–Crippen LogP) is 4.99. The van der Waals surface area contributed by atoms with Crippen LogP contribution in [0.3, 0.4) is 0 Å². The topological polar surface area (TPSA) is 89.7 Å². The molecule has 4 aromatic rings. The first-order valence-corrected chi connectivity index (χ1v) is 12.9. The molecule has 9 heteroatoms. The third-order valence-corrected chi connectivity index (χ3v) is 8.07. The highest BCUT2D eigenvalue weighted by molar-refractivity contribution is 7.91. The van der Waals surface area contributed by atoms with Gasteiger partial charge in [0.15, 0.2) is 15.0 Å². The first-order valence-electron chi connectivity index (χ1n) is 10.4. The summed E-state index contributed by atoms with van der Waals surface area (Å²) in [6.07, 6.45) is 1.84. The number of hydrogen-bond acceptors (Lipinski definition) is 7. The Bertz CT molecular complexity index is 1340. The highest BCUT2D eigenvalue weighted by atomic mass is 32.2. The summed E-state index contributed by atoms with van der Waals surface area (Å²) in [5.41, 5.74) is 1.72. The second-order valence-corrected chi connectivity index (χ2v) is 10.7. The summed E-state index contributed by atoms with van der Waals surface area (Å²) in [4.78, 5) is 19.6. The van der Waals surface area contributed by atoms with Crippen LogP contribution >= 0.6 is 11.3 Å². The van der Waals surface area contributed by atoms with Crippen molar-refractivity contribution in [3.8, 4) is 5.75 Å². The number of anilines is 1. The zero-order chi connectivity index (χ0) is 23.4. The molecule has 33 heavy (non-hydrogen) atoms. The van der Waals surface area contributed by atoms with Crippen LogP contribution in [0.4, 0.5) is 5.13 Å². The zero-order valence-electron chi connectivity index (χ0n) is 18.4. The van der Waals surface area contributed by atoms with Gasteiger partial charge >= 0.3 is 0 Å². The number of hydrogen-bond donors (Lipinski definition) is 0. The highest BCUT2D eigenvalue weighted by Crippen LogP contribution is 2.32. The Morgan fingerprint density at radius 3 is 2.64 bits per heavy atom. The molecule has 1 amide bonds. The Labute approximate surface area is 196 Å². The first-order chi connectivity index (χ1) is 15.9. The lowest BCUT2D eigenvalue weighted by atomic mass is 10.2. The van der Waals surface area contributed by atoms with Gasteiger partial charge in [-0.25, -0.2) is 13.4 Å². The Morgan fingerprint density at radius 1 is 1.15 bits per heavy atom. The van der Waals surface area contributed by atoms with Crippen LogP contribution in [0.5, 0.6) is 5.75 Å². The van der Waals surface area contributed by atoms with Gasteiger partial charge in [0, 0.05) is 12.5 Å². The van der Waals surface area contributed by atoms with Crippen LogP contribution in [0.15, 0.2) is 70.2 Å². The fourth-order valence-corrected chi connectivity index (χ4v) is 5.64. The number of aromatic nitrogens is 1. The van der Waals surface area contributed by atoms with E-state index in [2.05, 4.69) is 4.98 Å². The monoisotopic (exact) mass is 484 g/mol. The molecular weight excluding hydrogens is 460 g/mol. The molecule has 0 aliphatic rings. The third-order valence-electron chi connectivity index (χ3n) is 5.19. The lowest BCUT2D eigenvalue weighted by Crippen LogP contribution is -2.30. The molecule has 2 aromatic carbocycles. The molecule has 2 aromatic heterocycles. The van der Waals surface area contributed by atoms with Gasteiger partial charge in [0.1, 0.15) is 11.5 Å². The van der Waals surface area contributed by atoms with E-state index in [-0.39, 0.29) is 35.9 Å². The van der Waals surface area contributed by atoms with Crippen LogP contribution in [0.1, 0.15) is 24.2 Å². The number of amides is 1. The summed E-state index contributed by atoms with van der Waals surface area (Å²) in [6.45, 7) is 2.12. The minimum absolute atomic E-state index is 0.0745. The number of nitrogens with zero attached hydrogens (tertiary/aromatic N) is 2. The van der Waals surface area contributed by atoms with Crippen LogP contribution in [0, 0.1) is 6.92 Å². The molecule has 0 aliphatic carbocycles. The van der Waals surface area contributed by atoms with Gasteiger partial charge in [0.2, 0.25) is 5.91 Å². The smallest absolute Gasteiger partial charge is 0.229 e. The van der Waals surface area contributed by atoms with Crippen LogP contribution in [0.2, 0.25) is 0 Å². The van der Waals surface area contributed by atoms with E-state index in [9.17, 15) is 13.2 Å². The molecule has 0 unspecified atom stereocenters. The van der Waals surface area contributed by atoms with E-state index in [1.807, 2.05) is 25.1 Å². The van der Waals surface area contributed by atoms with E-state index in [1.54, 1.807) is 54.7 Å². The molecule has 0 saturated carbocycles. The minimum Gasteiger partial charge on any atom is -0.497 e. The van der Waals surface area contributed by atoms with Gasteiger partial charge in [0.05, 0.1) is 40.8 Å². The second kappa shape index (κ2) is 9.76. The van der Waals surface area contributed by atoms with Gasteiger partial charge in [-0.2, -0.15) is 0 Å². The molecule has 0 atom stereocenters. The Balaban J connectivity index is 1.51. The van der Waals surface area contributed by atoms with E-state index in [1.165, 1.54) is 11.3 Å². The normalized spacial score (nSPS) is 11.6. The number of carbonyl (C=O) groups excluding carboxylic acids is 1. The number of thiazole rings is 1. The summed E-state index contributed by atoms with van der Waals surface area (Å²) in [5.74, 6) is 0.988. The summed E-state index contributed by atoms with van der Waals surface area (Å²) < 4.78 is 36.9. The zero-order valence-corrected chi connectivity index (χ0v) is 20.0. The molecule has 0 spiro atoms. The van der Waals surface area contributed by atoms with Crippen LogP contribution < -0.4 is 9.64 Å². The standard InChI is InChI=1S/C24H24N2O5S2/c1-17-7-10-20(11-8-17)33(28,29)14-4-6-23(27)26(16-19-5-3-13-31-19)24-25-21-15-18(30-2)9-12-22(21)32-24/h3,5,7-13,15H,4,6,14,16H2,1-2H3. The van der Waals surface area contributed by atoms with Crippen molar-refractivity contribution in [3.05, 3.63) is 72.2 Å². The van der Waals surface area contributed by atoms with E-state index < -0.39 is 9.84 Å². The minimum atomic E-state index is -3.46. The van der Waals surface area contributed by atoms with Crippen LogP contribution in [-0.2, 0) is 21.2 Å². The SMILES string of the molecule is COc1ccc2sc(N(Cc3ccco3)C(=O)CCCS(=O)(=O)c3ccc(C)cc3)nc2c1. The number of carbonyl (C=O) groups is 1. The van der Waals surface area contributed by atoms with E-state index in [0.29, 0.717) is 16.6 Å². The molecule has 4 rings (SSSR count). The fraction of sp³-hybridized carbons (Fsp3) is 0.250. The molecule has 0 saturated heterocycles. The number of furan rings is 1. The van der Waals surface area contributed by atoms with Crippen LogP contribution in [-0.4, -0.2) is 32.2 Å². The quantitative estimate of drug-likeness (QED) is 0.332. The molecule has 0 N–H and O–H groups in total. The van der Waals surface area contributed by atoms with Crippen molar-refractivity contribution < 1.29 is 22.4 Å². The Kier molecular flexibility index (Phi) is 6.80. The van der Waals surface area contributed by atoms with Crippen LogP contribution in [0.25, 0.3) is 10.2 Å². The summed E-state index contributed by atoms with van der Waals surface area (Å²) >= 11 is 1.39. The average Bonchev–Trinajstić information content (AvgIpc) is 3.46. The molecule has 0 aliphatic heterocycles. The fourth-order valence-electron chi connectivity index (χ4n) is 3.37. The number of ether oxygens (including phenoxy) is 1.